The lowest BCUT2D eigenvalue weighted by Crippen LogP contribution is -2.32. The van der Waals surface area contributed by atoms with Gasteiger partial charge in [-0.15, -0.1) is 0 Å². The molecule has 2 bridgehead atoms. The number of ether oxygens (including phenoxy) is 2. The van der Waals surface area contributed by atoms with Gasteiger partial charge in [-0.3, -0.25) is 9.59 Å². The molecule has 0 radical (unpaired) electrons. The highest BCUT2D eigenvalue weighted by Crippen LogP contribution is 2.44. The van der Waals surface area contributed by atoms with Crippen LogP contribution in [0, 0.1) is 17.8 Å². The first kappa shape index (κ1) is 10.8. The summed E-state index contributed by atoms with van der Waals surface area (Å²) in [5.41, 5.74) is 0. The van der Waals surface area contributed by atoms with Crippen molar-refractivity contribution in [3.63, 3.8) is 0 Å². The minimum Gasteiger partial charge on any atom is -0.465 e. The van der Waals surface area contributed by atoms with Gasteiger partial charge < -0.3 is 9.47 Å². The molecule has 4 nitrogen and oxygen atoms in total. The van der Waals surface area contributed by atoms with Crippen LogP contribution in [-0.4, -0.2) is 24.6 Å². The molecule has 4 atom stereocenters. The van der Waals surface area contributed by atoms with Gasteiger partial charge in [0.05, 0.1) is 18.9 Å². The van der Waals surface area contributed by atoms with Crippen LogP contribution in [0.3, 0.4) is 0 Å². The Labute approximate surface area is 100.0 Å². The molecule has 2 aliphatic carbocycles. The Hall–Kier alpha value is -1.32. The smallest absolute Gasteiger partial charge is 0.309 e. The zero-order valence-electron chi connectivity index (χ0n) is 9.63. The second kappa shape index (κ2) is 4.17. The monoisotopic (exact) mass is 236 g/mol. The second-order valence-electron chi connectivity index (χ2n) is 5.16. The Morgan fingerprint density at radius 2 is 2.24 bits per heavy atom. The Morgan fingerprint density at radius 3 is 2.88 bits per heavy atom. The standard InChI is InChI=1S/C13H16O4/c14-12-7-10(3-4-16-12)17-13(15)11-6-8-1-2-9(11)5-8/h1-2,8-11H,3-7H2. The summed E-state index contributed by atoms with van der Waals surface area (Å²) in [4.78, 5) is 23.1. The summed E-state index contributed by atoms with van der Waals surface area (Å²) in [5.74, 6) is 0.559. The average molecular weight is 236 g/mol. The van der Waals surface area contributed by atoms with E-state index in [0.29, 0.717) is 24.9 Å². The molecule has 0 aromatic heterocycles. The molecule has 4 heteroatoms. The third kappa shape index (κ3) is 2.08. The van der Waals surface area contributed by atoms with Crippen molar-refractivity contribution in [2.75, 3.05) is 6.61 Å². The number of fused-ring (bicyclic) bond motifs is 2. The number of hydrogen-bond donors (Lipinski definition) is 0. The van der Waals surface area contributed by atoms with E-state index in [-0.39, 0.29) is 30.4 Å². The largest absolute Gasteiger partial charge is 0.465 e. The molecule has 0 amide bonds. The van der Waals surface area contributed by atoms with Gasteiger partial charge in [0.1, 0.15) is 6.10 Å². The number of carbonyl (C=O) groups is 2. The van der Waals surface area contributed by atoms with Crippen LogP contribution in [-0.2, 0) is 19.1 Å². The van der Waals surface area contributed by atoms with E-state index in [0.717, 1.165) is 12.8 Å². The fourth-order valence-corrected chi connectivity index (χ4v) is 3.06. The van der Waals surface area contributed by atoms with Crippen molar-refractivity contribution < 1.29 is 19.1 Å². The molecule has 17 heavy (non-hydrogen) atoms. The zero-order valence-corrected chi connectivity index (χ0v) is 9.63. The lowest BCUT2D eigenvalue weighted by atomic mass is 9.94. The molecule has 1 saturated carbocycles. The fraction of sp³-hybridized carbons (Fsp3) is 0.692. The van der Waals surface area contributed by atoms with Gasteiger partial charge >= 0.3 is 11.9 Å². The molecule has 3 rings (SSSR count). The first-order valence-electron chi connectivity index (χ1n) is 6.27. The predicted molar refractivity (Wildman–Crippen MR) is 58.9 cm³/mol. The molecular weight excluding hydrogens is 220 g/mol. The number of esters is 2. The summed E-state index contributed by atoms with van der Waals surface area (Å²) in [6.07, 6.45) is 6.91. The number of hydrogen-bond acceptors (Lipinski definition) is 4. The highest BCUT2D eigenvalue weighted by Gasteiger charge is 2.41. The van der Waals surface area contributed by atoms with E-state index in [1.165, 1.54) is 0 Å². The average Bonchev–Trinajstić information content (AvgIpc) is 2.90. The summed E-state index contributed by atoms with van der Waals surface area (Å²) in [5, 5.41) is 0. The van der Waals surface area contributed by atoms with Crippen molar-refractivity contribution in [3.8, 4) is 0 Å². The first-order valence-corrected chi connectivity index (χ1v) is 6.27. The molecule has 0 aromatic carbocycles. The molecule has 2 fully saturated rings. The number of allylic oxidation sites excluding steroid dienone is 2. The van der Waals surface area contributed by atoms with Gasteiger partial charge in [0, 0.05) is 6.42 Å². The lowest BCUT2D eigenvalue weighted by molar-refractivity contribution is -0.165. The second-order valence-corrected chi connectivity index (χ2v) is 5.16. The van der Waals surface area contributed by atoms with Crippen molar-refractivity contribution in [2.24, 2.45) is 17.8 Å². The van der Waals surface area contributed by atoms with E-state index < -0.39 is 0 Å². The SMILES string of the molecule is O=C1CC(OC(=O)C2CC3C=CC2C3)CCO1. The van der Waals surface area contributed by atoms with Gasteiger partial charge in [0.2, 0.25) is 0 Å². The molecule has 1 saturated heterocycles. The third-order valence-electron chi connectivity index (χ3n) is 3.96. The molecule has 1 heterocycles. The summed E-state index contributed by atoms with van der Waals surface area (Å²) in [6, 6.07) is 0. The molecular formula is C13H16O4. The van der Waals surface area contributed by atoms with Crippen LogP contribution in [0.15, 0.2) is 12.2 Å². The summed E-state index contributed by atoms with van der Waals surface area (Å²) in [7, 11) is 0. The molecule has 4 unspecified atom stereocenters. The Balaban J connectivity index is 1.56. The van der Waals surface area contributed by atoms with Crippen LogP contribution in [0.4, 0.5) is 0 Å². The van der Waals surface area contributed by atoms with Crippen LogP contribution in [0.1, 0.15) is 25.7 Å². The van der Waals surface area contributed by atoms with Gasteiger partial charge in [-0.25, -0.2) is 0 Å². The maximum Gasteiger partial charge on any atom is 0.309 e. The van der Waals surface area contributed by atoms with Crippen molar-refractivity contribution in [1.82, 2.24) is 0 Å². The Bertz CT molecular complexity index is 374. The number of carbonyl (C=O) groups excluding carboxylic acids is 2. The molecule has 0 aromatic rings. The highest BCUT2D eigenvalue weighted by molar-refractivity contribution is 5.75. The van der Waals surface area contributed by atoms with E-state index in [2.05, 4.69) is 12.2 Å². The maximum atomic E-state index is 12.0. The van der Waals surface area contributed by atoms with Crippen LogP contribution < -0.4 is 0 Å². The van der Waals surface area contributed by atoms with Gasteiger partial charge in [-0.2, -0.15) is 0 Å². The summed E-state index contributed by atoms with van der Waals surface area (Å²) in [6.45, 7) is 0.368. The van der Waals surface area contributed by atoms with Crippen molar-refractivity contribution in [3.05, 3.63) is 12.2 Å². The Kier molecular flexibility index (Phi) is 2.65. The van der Waals surface area contributed by atoms with Gasteiger partial charge in [-0.05, 0) is 24.7 Å². The van der Waals surface area contributed by atoms with Crippen LogP contribution in [0.25, 0.3) is 0 Å². The summed E-state index contributed by atoms with van der Waals surface area (Å²) < 4.78 is 10.2. The minimum atomic E-state index is -0.271. The van der Waals surface area contributed by atoms with Crippen molar-refractivity contribution in [2.45, 2.75) is 31.8 Å². The predicted octanol–water partition coefficient (Wildman–Crippen LogP) is 1.45. The Morgan fingerprint density at radius 1 is 1.35 bits per heavy atom. The van der Waals surface area contributed by atoms with Crippen molar-refractivity contribution >= 4 is 11.9 Å². The maximum absolute atomic E-state index is 12.0. The molecule has 92 valence electrons. The van der Waals surface area contributed by atoms with Crippen LogP contribution in [0.5, 0.6) is 0 Å². The van der Waals surface area contributed by atoms with Crippen LogP contribution >= 0.6 is 0 Å². The highest BCUT2D eigenvalue weighted by atomic mass is 16.6. The van der Waals surface area contributed by atoms with Crippen molar-refractivity contribution in [1.29, 1.82) is 0 Å². The van der Waals surface area contributed by atoms with E-state index >= 15 is 0 Å². The number of rotatable bonds is 2. The fourth-order valence-electron chi connectivity index (χ4n) is 3.06. The van der Waals surface area contributed by atoms with E-state index in [1.807, 2.05) is 0 Å². The normalized spacial score (nSPS) is 39.2. The third-order valence-corrected chi connectivity index (χ3v) is 3.96. The number of cyclic esters (lactones) is 1. The quantitative estimate of drug-likeness (QED) is 0.538. The van der Waals surface area contributed by atoms with E-state index in [9.17, 15) is 9.59 Å². The zero-order chi connectivity index (χ0) is 11.8. The van der Waals surface area contributed by atoms with Gasteiger partial charge in [0.15, 0.2) is 0 Å². The lowest BCUT2D eigenvalue weighted by Gasteiger charge is -2.24. The van der Waals surface area contributed by atoms with Gasteiger partial charge in [-0.1, -0.05) is 12.2 Å². The molecule has 0 N–H and O–H groups in total. The molecule has 0 spiro atoms. The van der Waals surface area contributed by atoms with Crippen LogP contribution in [0.2, 0.25) is 0 Å². The minimum absolute atomic E-state index is 0.0166. The van der Waals surface area contributed by atoms with Gasteiger partial charge in [0.25, 0.3) is 0 Å². The summed E-state index contributed by atoms with van der Waals surface area (Å²) >= 11 is 0. The topological polar surface area (TPSA) is 52.6 Å². The van der Waals surface area contributed by atoms with E-state index in [4.69, 9.17) is 9.47 Å². The molecule has 3 aliphatic rings. The van der Waals surface area contributed by atoms with E-state index in [1.54, 1.807) is 0 Å². The molecule has 1 aliphatic heterocycles. The first-order chi connectivity index (χ1) is 8.22.